The van der Waals surface area contributed by atoms with Crippen LogP contribution >= 0.6 is 0 Å². The van der Waals surface area contributed by atoms with Gasteiger partial charge in [0, 0.05) is 39.1 Å². The number of allylic oxidation sites excluding steroid dienone is 4. The van der Waals surface area contributed by atoms with Gasteiger partial charge >= 0.3 is 0 Å². The molecule has 2 rings (SSSR count). The van der Waals surface area contributed by atoms with Crippen molar-refractivity contribution in [2.24, 2.45) is 0 Å². The zero-order chi connectivity index (χ0) is 13.3. The van der Waals surface area contributed by atoms with Crippen LogP contribution in [0.2, 0.25) is 0 Å². The van der Waals surface area contributed by atoms with E-state index in [1.807, 2.05) is 19.9 Å². The van der Waals surface area contributed by atoms with E-state index in [0.717, 1.165) is 5.57 Å². The summed E-state index contributed by atoms with van der Waals surface area (Å²) in [5.41, 5.74) is 1.87. The normalized spacial score (nSPS) is 13.8. The second-order valence-electron chi connectivity index (χ2n) is 4.52. The Kier molecular flexibility index (Phi) is 5.06. The molecule has 1 aliphatic carbocycles. The largest absolute Gasteiger partial charge is 0.504 e. The zero-order valence-electron chi connectivity index (χ0n) is 10.7. The molecule has 0 spiro atoms. The van der Waals surface area contributed by atoms with E-state index < -0.39 is 11.5 Å². The molecule has 4 heteroatoms. The fourth-order valence-electron chi connectivity index (χ4n) is 1.91. The number of aliphatic hydroxyl groups is 1. The SMILES string of the molecule is CC(C)=CCC1=C(O)C(=O)c2ccccc2C1=O.[Ag]. The molecule has 0 amide bonds. The van der Waals surface area contributed by atoms with Crippen molar-refractivity contribution in [1.82, 2.24) is 0 Å². The summed E-state index contributed by atoms with van der Waals surface area (Å²) in [5, 5.41) is 9.85. The first-order chi connectivity index (χ1) is 8.52. The molecular formula is C15H14AgO3. The maximum Gasteiger partial charge on any atom is 0.228 e. The van der Waals surface area contributed by atoms with Gasteiger partial charge in [0.1, 0.15) is 0 Å². The van der Waals surface area contributed by atoms with Crippen LogP contribution in [0.3, 0.4) is 0 Å². The Morgan fingerprint density at radius 2 is 1.63 bits per heavy atom. The van der Waals surface area contributed by atoms with E-state index in [4.69, 9.17) is 0 Å². The van der Waals surface area contributed by atoms with Crippen molar-refractivity contribution in [2.75, 3.05) is 0 Å². The van der Waals surface area contributed by atoms with Gasteiger partial charge in [0.25, 0.3) is 0 Å². The molecule has 0 saturated heterocycles. The molecular weight excluding hydrogens is 336 g/mol. The van der Waals surface area contributed by atoms with E-state index >= 15 is 0 Å². The molecule has 0 aliphatic heterocycles. The van der Waals surface area contributed by atoms with E-state index in [2.05, 4.69) is 0 Å². The Morgan fingerprint density at radius 3 is 2.16 bits per heavy atom. The van der Waals surface area contributed by atoms with Crippen molar-refractivity contribution in [3.8, 4) is 0 Å². The zero-order valence-corrected chi connectivity index (χ0v) is 12.1. The summed E-state index contributed by atoms with van der Waals surface area (Å²) in [4.78, 5) is 24.1. The number of carbonyl (C=O) groups excluding carboxylic acids is 2. The standard InChI is InChI=1S/C15H14O3.Ag/c1-9(2)7-8-12-13(16)10-5-3-4-6-11(10)14(17)15(12)18;/h3-7,18H,8H2,1-2H3;. The third kappa shape index (κ3) is 2.95. The molecule has 0 atom stereocenters. The predicted molar refractivity (Wildman–Crippen MR) is 68.8 cm³/mol. The molecule has 0 saturated carbocycles. The maximum atomic E-state index is 12.2. The van der Waals surface area contributed by atoms with Gasteiger partial charge in [0.2, 0.25) is 5.78 Å². The molecule has 0 unspecified atom stereocenters. The maximum absolute atomic E-state index is 12.2. The van der Waals surface area contributed by atoms with Crippen LogP contribution in [0.5, 0.6) is 0 Å². The summed E-state index contributed by atoms with van der Waals surface area (Å²) >= 11 is 0. The van der Waals surface area contributed by atoms with E-state index in [1.54, 1.807) is 24.3 Å². The number of aliphatic hydroxyl groups excluding tert-OH is 1. The number of hydrogen-bond donors (Lipinski definition) is 1. The van der Waals surface area contributed by atoms with E-state index in [0.29, 0.717) is 5.56 Å². The first-order valence-corrected chi connectivity index (χ1v) is 5.76. The molecule has 103 valence electrons. The fourth-order valence-corrected chi connectivity index (χ4v) is 1.91. The molecule has 0 bridgehead atoms. The Labute approximate surface area is 127 Å². The first kappa shape index (κ1) is 15.6. The second-order valence-corrected chi connectivity index (χ2v) is 4.52. The molecule has 1 N–H and O–H groups in total. The Morgan fingerprint density at radius 1 is 1.11 bits per heavy atom. The van der Waals surface area contributed by atoms with Crippen molar-refractivity contribution in [1.29, 1.82) is 0 Å². The van der Waals surface area contributed by atoms with E-state index in [9.17, 15) is 14.7 Å². The Hall–Kier alpha value is -1.42. The molecule has 1 radical (unpaired) electrons. The number of rotatable bonds is 2. The number of carbonyl (C=O) groups is 2. The van der Waals surface area contributed by atoms with Crippen molar-refractivity contribution in [3.05, 3.63) is 58.4 Å². The molecule has 3 nitrogen and oxygen atoms in total. The topological polar surface area (TPSA) is 54.4 Å². The van der Waals surface area contributed by atoms with Crippen LogP contribution < -0.4 is 0 Å². The van der Waals surface area contributed by atoms with Crippen molar-refractivity contribution < 1.29 is 37.1 Å². The van der Waals surface area contributed by atoms with E-state index in [1.165, 1.54) is 0 Å². The van der Waals surface area contributed by atoms with Crippen molar-refractivity contribution in [3.63, 3.8) is 0 Å². The van der Waals surface area contributed by atoms with Gasteiger partial charge in [-0.25, -0.2) is 0 Å². The third-order valence-electron chi connectivity index (χ3n) is 2.91. The van der Waals surface area contributed by atoms with Crippen LogP contribution in [0, 0.1) is 0 Å². The fraction of sp³-hybridized carbons (Fsp3) is 0.200. The number of fused-ring (bicyclic) bond motifs is 1. The second kappa shape index (κ2) is 6.15. The van der Waals surface area contributed by atoms with Crippen LogP contribution in [0.15, 0.2) is 47.2 Å². The van der Waals surface area contributed by atoms with Crippen LogP contribution in [0.25, 0.3) is 0 Å². The monoisotopic (exact) mass is 349 g/mol. The summed E-state index contributed by atoms with van der Waals surface area (Å²) in [7, 11) is 0. The summed E-state index contributed by atoms with van der Waals surface area (Å²) in [6.07, 6.45) is 2.11. The van der Waals surface area contributed by atoms with Gasteiger partial charge in [-0.1, -0.05) is 35.9 Å². The van der Waals surface area contributed by atoms with Crippen molar-refractivity contribution >= 4 is 11.6 Å². The number of hydrogen-bond acceptors (Lipinski definition) is 3. The van der Waals surface area contributed by atoms with Gasteiger partial charge in [0.15, 0.2) is 11.5 Å². The van der Waals surface area contributed by atoms with Crippen LogP contribution in [0.4, 0.5) is 0 Å². The van der Waals surface area contributed by atoms with Gasteiger partial charge in [0.05, 0.1) is 0 Å². The van der Waals surface area contributed by atoms with Gasteiger partial charge in [-0.15, -0.1) is 0 Å². The van der Waals surface area contributed by atoms with E-state index in [-0.39, 0.29) is 45.7 Å². The minimum Gasteiger partial charge on any atom is -0.504 e. The predicted octanol–water partition coefficient (Wildman–Crippen LogP) is 3.23. The summed E-state index contributed by atoms with van der Waals surface area (Å²) in [6, 6.07) is 6.57. The van der Waals surface area contributed by atoms with Crippen LogP contribution in [0.1, 0.15) is 41.0 Å². The van der Waals surface area contributed by atoms with Crippen LogP contribution in [-0.2, 0) is 22.4 Å². The summed E-state index contributed by atoms with van der Waals surface area (Å²) in [5.74, 6) is -1.15. The minimum atomic E-state index is -0.470. The first-order valence-electron chi connectivity index (χ1n) is 5.76. The molecule has 1 aliphatic rings. The molecule has 0 heterocycles. The summed E-state index contributed by atoms with van der Waals surface area (Å²) in [6.45, 7) is 3.81. The molecule has 0 aromatic heterocycles. The number of benzene rings is 1. The number of Topliss-reactive ketones (excluding diaryl/α,β-unsaturated/α-hetero) is 2. The Balaban J connectivity index is 0.00000180. The van der Waals surface area contributed by atoms with Crippen LogP contribution in [-0.4, -0.2) is 16.7 Å². The Bertz CT molecular complexity index is 593. The third-order valence-corrected chi connectivity index (χ3v) is 2.91. The summed E-state index contributed by atoms with van der Waals surface area (Å²) < 4.78 is 0. The van der Waals surface area contributed by atoms with Gasteiger partial charge in [-0.2, -0.15) is 0 Å². The van der Waals surface area contributed by atoms with Gasteiger partial charge < -0.3 is 5.11 Å². The molecule has 1 aromatic carbocycles. The molecule has 19 heavy (non-hydrogen) atoms. The van der Waals surface area contributed by atoms with Gasteiger partial charge in [-0.05, 0) is 20.3 Å². The van der Waals surface area contributed by atoms with Gasteiger partial charge in [-0.3, -0.25) is 9.59 Å². The smallest absolute Gasteiger partial charge is 0.228 e. The van der Waals surface area contributed by atoms with Crippen molar-refractivity contribution in [2.45, 2.75) is 20.3 Å². The molecule has 0 fully saturated rings. The molecule has 1 aromatic rings. The average Bonchev–Trinajstić information content (AvgIpc) is 2.36. The quantitative estimate of drug-likeness (QED) is 0.658. The average molecular weight is 350 g/mol. The number of ketones is 2. The minimum absolute atomic E-state index is 0.